The summed E-state index contributed by atoms with van der Waals surface area (Å²) < 4.78 is 1.48. The molecule has 1 aliphatic carbocycles. The molecular formula is C19H25N3O3. The summed E-state index contributed by atoms with van der Waals surface area (Å²) in [5.74, 6) is 0.785. The van der Waals surface area contributed by atoms with Gasteiger partial charge in [0.1, 0.15) is 0 Å². The van der Waals surface area contributed by atoms with Gasteiger partial charge in [0, 0.05) is 26.1 Å². The quantitative estimate of drug-likeness (QED) is 0.924. The molecule has 134 valence electrons. The van der Waals surface area contributed by atoms with Crippen molar-refractivity contribution in [3.05, 3.63) is 45.1 Å². The average molecular weight is 343 g/mol. The molecule has 1 saturated carbocycles. The Hall–Kier alpha value is -2.37. The Balaban J connectivity index is 1.73. The van der Waals surface area contributed by atoms with Crippen molar-refractivity contribution in [1.29, 1.82) is 0 Å². The SMILES string of the molecule is CC1CCC(N(C)C(=O)CCn2c(=O)[nH]c(=O)c3ccccc32)CC1. The molecule has 0 unspecified atom stereocenters. The summed E-state index contributed by atoms with van der Waals surface area (Å²) in [5.41, 5.74) is -0.291. The van der Waals surface area contributed by atoms with Crippen molar-refractivity contribution in [2.24, 2.45) is 5.92 Å². The van der Waals surface area contributed by atoms with Crippen molar-refractivity contribution in [2.75, 3.05) is 7.05 Å². The average Bonchev–Trinajstić information content (AvgIpc) is 2.61. The standard InChI is InChI=1S/C19H25N3O3/c1-13-7-9-14(10-8-13)21(2)17(23)11-12-22-16-6-4-3-5-15(16)18(24)20-19(22)25/h3-6,13-14H,7-12H2,1-2H3,(H,20,24,25). The summed E-state index contributed by atoms with van der Waals surface area (Å²) >= 11 is 0. The molecule has 1 aromatic carbocycles. The van der Waals surface area contributed by atoms with Crippen LogP contribution in [0.4, 0.5) is 0 Å². The van der Waals surface area contributed by atoms with Gasteiger partial charge in [0.25, 0.3) is 5.56 Å². The summed E-state index contributed by atoms with van der Waals surface area (Å²) in [7, 11) is 1.86. The Labute approximate surface area is 146 Å². The van der Waals surface area contributed by atoms with Gasteiger partial charge >= 0.3 is 5.69 Å². The molecule has 1 aromatic heterocycles. The van der Waals surface area contributed by atoms with Crippen LogP contribution in [0.5, 0.6) is 0 Å². The highest BCUT2D eigenvalue weighted by atomic mass is 16.2. The fraction of sp³-hybridized carbons (Fsp3) is 0.526. The summed E-state index contributed by atoms with van der Waals surface area (Å²) in [6, 6.07) is 7.27. The molecule has 0 spiro atoms. The van der Waals surface area contributed by atoms with Crippen molar-refractivity contribution in [1.82, 2.24) is 14.5 Å². The van der Waals surface area contributed by atoms with Gasteiger partial charge in [-0.05, 0) is 43.7 Å². The Bertz CT molecular complexity index is 875. The Morgan fingerprint density at radius 2 is 1.88 bits per heavy atom. The number of rotatable bonds is 4. The van der Waals surface area contributed by atoms with Gasteiger partial charge < -0.3 is 4.90 Å². The maximum absolute atomic E-state index is 12.6. The largest absolute Gasteiger partial charge is 0.343 e. The zero-order valence-corrected chi connectivity index (χ0v) is 14.8. The van der Waals surface area contributed by atoms with E-state index in [0.717, 1.165) is 31.6 Å². The van der Waals surface area contributed by atoms with E-state index < -0.39 is 11.2 Å². The fourth-order valence-electron chi connectivity index (χ4n) is 3.68. The second-order valence-electron chi connectivity index (χ2n) is 7.10. The van der Waals surface area contributed by atoms with E-state index in [1.807, 2.05) is 11.9 Å². The number of para-hydroxylation sites is 1. The smallest absolute Gasteiger partial charge is 0.328 e. The van der Waals surface area contributed by atoms with E-state index in [-0.39, 0.29) is 18.9 Å². The Kier molecular flexibility index (Phi) is 5.06. The molecule has 0 saturated heterocycles. The molecule has 1 aliphatic rings. The number of nitrogens with zero attached hydrogens (tertiary/aromatic N) is 2. The number of amides is 1. The molecule has 1 amide bonds. The van der Waals surface area contributed by atoms with Gasteiger partial charge in [0.2, 0.25) is 5.91 Å². The highest BCUT2D eigenvalue weighted by Crippen LogP contribution is 2.26. The van der Waals surface area contributed by atoms with E-state index in [2.05, 4.69) is 11.9 Å². The van der Waals surface area contributed by atoms with Crippen LogP contribution in [0.3, 0.4) is 0 Å². The van der Waals surface area contributed by atoms with Crippen LogP contribution < -0.4 is 11.2 Å². The van der Waals surface area contributed by atoms with Gasteiger partial charge in [0.05, 0.1) is 10.9 Å². The zero-order valence-electron chi connectivity index (χ0n) is 14.8. The number of fused-ring (bicyclic) bond motifs is 1. The van der Waals surface area contributed by atoms with Crippen LogP contribution in [0.25, 0.3) is 10.9 Å². The first-order valence-corrected chi connectivity index (χ1v) is 8.95. The highest BCUT2D eigenvalue weighted by molar-refractivity contribution is 5.79. The maximum atomic E-state index is 12.6. The number of carbonyl (C=O) groups excluding carboxylic acids is 1. The molecule has 0 radical (unpaired) electrons. The van der Waals surface area contributed by atoms with Crippen LogP contribution >= 0.6 is 0 Å². The second kappa shape index (κ2) is 7.25. The molecule has 1 N–H and O–H groups in total. The molecule has 0 atom stereocenters. The molecule has 1 fully saturated rings. The first kappa shape index (κ1) is 17.5. The van der Waals surface area contributed by atoms with Crippen molar-refractivity contribution in [3.63, 3.8) is 0 Å². The number of aromatic nitrogens is 2. The Morgan fingerprint density at radius 1 is 1.20 bits per heavy atom. The number of hydrogen-bond acceptors (Lipinski definition) is 3. The summed E-state index contributed by atoms with van der Waals surface area (Å²) in [4.78, 5) is 40.8. The predicted octanol–water partition coefficient (Wildman–Crippen LogP) is 2.12. The van der Waals surface area contributed by atoms with E-state index in [0.29, 0.717) is 16.9 Å². The molecule has 0 bridgehead atoms. The van der Waals surface area contributed by atoms with Gasteiger partial charge in [-0.25, -0.2) is 4.79 Å². The van der Waals surface area contributed by atoms with Crippen LogP contribution in [-0.2, 0) is 11.3 Å². The zero-order chi connectivity index (χ0) is 18.0. The molecule has 0 aliphatic heterocycles. The number of aryl methyl sites for hydroxylation is 1. The number of benzene rings is 1. The fourth-order valence-corrected chi connectivity index (χ4v) is 3.68. The van der Waals surface area contributed by atoms with E-state index in [1.165, 1.54) is 4.57 Å². The van der Waals surface area contributed by atoms with Crippen molar-refractivity contribution >= 4 is 16.8 Å². The molecule has 2 aromatic rings. The van der Waals surface area contributed by atoms with Crippen molar-refractivity contribution in [2.45, 2.75) is 51.6 Å². The van der Waals surface area contributed by atoms with E-state index in [9.17, 15) is 14.4 Å². The monoisotopic (exact) mass is 343 g/mol. The van der Waals surface area contributed by atoms with Gasteiger partial charge in [-0.3, -0.25) is 19.1 Å². The van der Waals surface area contributed by atoms with Gasteiger partial charge in [-0.1, -0.05) is 19.1 Å². The number of aromatic amines is 1. The van der Waals surface area contributed by atoms with Gasteiger partial charge in [-0.2, -0.15) is 0 Å². The van der Waals surface area contributed by atoms with Crippen molar-refractivity contribution in [3.8, 4) is 0 Å². The number of hydrogen-bond donors (Lipinski definition) is 1. The number of H-pyrrole nitrogens is 1. The van der Waals surface area contributed by atoms with Crippen LogP contribution in [0.1, 0.15) is 39.0 Å². The third-order valence-corrected chi connectivity index (χ3v) is 5.38. The third-order valence-electron chi connectivity index (χ3n) is 5.38. The third kappa shape index (κ3) is 3.67. The van der Waals surface area contributed by atoms with E-state index in [4.69, 9.17) is 0 Å². The molecular weight excluding hydrogens is 318 g/mol. The van der Waals surface area contributed by atoms with Crippen molar-refractivity contribution < 1.29 is 4.79 Å². The number of carbonyl (C=O) groups is 1. The molecule has 6 heteroatoms. The molecule has 1 heterocycles. The lowest BCUT2D eigenvalue weighted by Crippen LogP contribution is -2.40. The lowest BCUT2D eigenvalue weighted by Gasteiger charge is -2.33. The predicted molar refractivity (Wildman–Crippen MR) is 97.6 cm³/mol. The van der Waals surface area contributed by atoms with E-state index in [1.54, 1.807) is 24.3 Å². The minimum absolute atomic E-state index is 0.0433. The van der Waals surface area contributed by atoms with E-state index >= 15 is 0 Å². The number of nitrogens with one attached hydrogen (secondary N) is 1. The molecule has 25 heavy (non-hydrogen) atoms. The highest BCUT2D eigenvalue weighted by Gasteiger charge is 2.24. The molecule has 6 nitrogen and oxygen atoms in total. The lowest BCUT2D eigenvalue weighted by molar-refractivity contribution is -0.132. The van der Waals surface area contributed by atoms with Gasteiger partial charge in [-0.15, -0.1) is 0 Å². The normalized spacial score (nSPS) is 20.6. The Morgan fingerprint density at radius 3 is 2.60 bits per heavy atom. The minimum Gasteiger partial charge on any atom is -0.343 e. The maximum Gasteiger partial charge on any atom is 0.328 e. The van der Waals surface area contributed by atoms with Crippen LogP contribution in [0, 0.1) is 5.92 Å². The molecule has 3 rings (SSSR count). The summed E-state index contributed by atoms with van der Waals surface area (Å²) in [6.45, 7) is 2.52. The van der Waals surface area contributed by atoms with Crippen LogP contribution in [0.2, 0.25) is 0 Å². The summed E-state index contributed by atoms with van der Waals surface area (Å²) in [5, 5.41) is 0.462. The lowest BCUT2D eigenvalue weighted by atomic mass is 9.86. The van der Waals surface area contributed by atoms with Crippen LogP contribution in [0.15, 0.2) is 33.9 Å². The summed E-state index contributed by atoms with van der Waals surface area (Å²) in [6.07, 6.45) is 4.66. The topological polar surface area (TPSA) is 75.2 Å². The first-order valence-electron chi connectivity index (χ1n) is 8.95. The minimum atomic E-state index is -0.467. The van der Waals surface area contributed by atoms with Gasteiger partial charge in [0.15, 0.2) is 0 Å². The first-order chi connectivity index (χ1) is 12.0. The second-order valence-corrected chi connectivity index (χ2v) is 7.10. The van der Waals surface area contributed by atoms with Crippen LogP contribution in [-0.4, -0.2) is 33.4 Å².